The third-order valence-corrected chi connectivity index (χ3v) is 3.26. The van der Waals surface area contributed by atoms with Crippen molar-refractivity contribution >= 4 is 17.6 Å². The summed E-state index contributed by atoms with van der Waals surface area (Å²) in [6, 6.07) is 4.79. The Morgan fingerprint density at radius 2 is 2.21 bits per heavy atom. The topological polar surface area (TPSA) is 55.1 Å². The summed E-state index contributed by atoms with van der Waals surface area (Å²) in [4.78, 5) is 15.2. The first-order chi connectivity index (χ1) is 8.99. The van der Waals surface area contributed by atoms with Gasteiger partial charge in [0, 0.05) is 23.3 Å². The van der Waals surface area contributed by atoms with Crippen LogP contribution in [0.2, 0.25) is 5.02 Å². The van der Waals surface area contributed by atoms with Crippen LogP contribution in [0.1, 0.15) is 41.5 Å². The van der Waals surface area contributed by atoms with E-state index in [0.717, 1.165) is 11.4 Å². The molecule has 0 fully saturated rings. The highest BCUT2D eigenvalue weighted by molar-refractivity contribution is 6.31. The fraction of sp³-hybridized carbons (Fsp3) is 0.286. The number of aromatic nitrogens is 2. The molecule has 1 aromatic heterocycles. The molecule has 19 heavy (non-hydrogen) atoms. The summed E-state index contributed by atoms with van der Waals surface area (Å²) in [6.07, 6.45) is 3.66. The molecule has 0 bridgehead atoms. The third-order valence-electron chi connectivity index (χ3n) is 2.90. The van der Waals surface area contributed by atoms with Crippen molar-refractivity contribution in [2.75, 3.05) is 0 Å². The summed E-state index contributed by atoms with van der Waals surface area (Å²) in [5.41, 5.74) is 1.08. The van der Waals surface area contributed by atoms with E-state index in [1.54, 1.807) is 18.3 Å². The number of nitrogens with zero attached hydrogens (tertiary/aromatic N) is 2. The van der Waals surface area contributed by atoms with E-state index < -0.39 is 5.97 Å². The Morgan fingerprint density at radius 3 is 2.79 bits per heavy atom. The van der Waals surface area contributed by atoms with Crippen LogP contribution in [0.5, 0.6) is 0 Å². The van der Waals surface area contributed by atoms with Crippen LogP contribution in [0.25, 0.3) is 0 Å². The SMILES string of the molecule is CC(C)c1nccn1Cc1ccc(C(=O)O)cc1Cl. The lowest BCUT2D eigenvalue weighted by molar-refractivity contribution is 0.0697. The van der Waals surface area contributed by atoms with Crippen LogP contribution in [0, 0.1) is 0 Å². The van der Waals surface area contributed by atoms with Gasteiger partial charge in [0.15, 0.2) is 0 Å². The van der Waals surface area contributed by atoms with Gasteiger partial charge < -0.3 is 9.67 Å². The van der Waals surface area contributed by atoms with Gasteiger partial charge in [-0.15, -0.1) is 0 Å². The quantitative estimate of drug-likeness (QED) is 0.932. The van der Waals surface area contributed by atoms with Crippen molar-refractivity contribution in [3.8, 4) is 0 Å². The lowest BCUT2D eigenvalue weighted by atomic mass is 10.1. The molecule has 1 aromatic carbocycles. The van der Waals surface area contributed by atoms with Crippen molar-refractivity contribution in [3.63, 3.8) is 0 Å². The molecule has 0 saturated heterocycles. The molecule has 1 heterocycles. The lowest BCUT2D eigenvalue weighted by Crippen LogP contribution is -2.07. The summed E-state index contributed by atoms with van der Waals surface area (Å²) in [5.74, 6) is 0.337. The number of carboxylic acid groups (broad SMARTS) is 1. The molecular formula is C14H15ClN2O2. The molecule has 2 aromatic rings. The van der Waals surface area contributed by atoms with Gasteiger partial charge in [-0.2, -0.15) is 0 Å². The second kappa shape index (κ2) is 5.45. The molecule has 0 aliphatic heterocycles. The van der Waals surface area contributed by atoms with E-state index in [4.69, 9.17) is 16.7 Å². The molecule has 100 valence electrons. The highest BCUT2D eigenvalue weighted by Crippen LogP contribution is 2.21. The van der Waals surface area contributed by atoms with Gasteiger partial charge in [0.05, 0.1) is 12.1 Å². The third kappa shape index (κ3) is 2.96. The highest BCUT2D eigenvalue weighted by Gasteiger charge is 2.11. The van der Waals surface area contributed by atoms with Gasteiger partial charge in [-0.1, -0.05) is 31.5 Å². The predicted octanol–water partition coefficient (Wildman–Crippen LogP) is 3.41. The molecule has 0 amide bonds. The first-order valence-corrected chi connectivity index (χ1v) is 6.39. The molecule has 1 N–H and O–H groups in total. The van der Waals surface area contributed by atoms with Crippen LogP contribution < -0.4 is 0 Å². The largest absolute Gasteiger partial charge is 0.478 e. The van der Waals surface area contributed by atoms with E-state index in [2.05, 4.69) is 18.8 Å². The van der Waals surface area contributed by atoms with E-state index in [-0.39, 0.29) is 5.56 Å². The van der Waals surface area contributed by atoms with E-state index in [1.807, 2.05) is 10.8 Å². The van der Waals surface area contributed by atoms with Crippen molar-refractivity contribution in [2.45, 2.75) is 26.3 Å². The zero-order chi connectivity index (χ0) is 14.0. The van der Waals surface area contributed by atoms with E-state index in [9.17, 15) is 4.79 Å². The highest BCUT2D eigenvalue weighted by atomic mass is 35.5. The zero-order valence-electron chi connectivity index (χ0n) is 10.8. The second-order valence-electron chi connectivity index (χ2n) is 4.68. The van der Waals surface area contributed by atoms with Gasteiger partial charge in [-0.05, 0) is 17.7 Å². The maximum atomic E-state index is 10.9. The van der Waals surface area contributed by atoms with Crippen LogP contribution in [0.4, 0.5) is 0 Å². The summed E-state index contributed by atoms with van der Waals surface area (Å²) >= 11 is 6.13. The summed E-state index contributed by atoms with van der Waals surface area (Å²) in [5, 5.41) is 9.36. The van der Waals surface area contributed by atoms with Crippen LogP contribution >= 0.6 is 11.6 Å². The van der Waals surface area contributed by atoms with Gasteiger partial charge in [-0.3, -0.25) is 0 Å². The molecule has 0 spiro atoms. The minimum atomic E-state index is -0.973. The maximum absolute atomic E-state index is 10.9. The number of imidazole rings is 1. The van der Waals surface area contributed by atoms with Crippen LogP contribution in [-0.2, 0) is 6.54 Å². The molecule has 0 saturated carbocycles. The van der Waals surface area contributed by atoms with Crippen molar-refractivity contribution < 1.29 is 9.90 Å². The van der Waals surface area contributed by atoms with E-state index in [1.165, 1.54) is 6.07 Å². The molecule has 5 heteroatoms. The predicted molar refractivity (Wildman–Crippen MR) is 73.8 cm³/mol. The number of carbonyl (C=O) groups is 1. The van der Waals surface area contributed by atoms with Gasteiger partial charge >= 0.3 is 5.97 Å². The minimum absolute atomic E-state index is 0.198. The number of carboxylic acids is 1. The average Bonchev–Trinajstić information content (AvgIpc) is 2.79. The molecule has 0 radical (unpaired) electrons. The fourth-order valence-corrected chi connectivity index (χ4v) is 2.19. The number of halogens is 1. The zero-order valence-corrected chi connectivity index (χ0v) is 11.6. The molecule has 0 unspecified atom stereocenters. The summed E-state index contributed by atoms with van der Waals surface area (Å²) < 4.78 is 2.02. The van der Waals surface area contributed by atoms with Gasteiger partial charge in [0.25, 0.3) is 0 Å². The van der Waals surface area contributed by atoms with Gasteiger partial charge in [0.1, 0.15) is 5.82 Å². The number of hydrogen-bond donors (Lipinski definition) is 1. The Balaban J connectivity index is 2.28. The van der Waals surface area contributed by atoms with Crippen LogP contribution in [0.15, 0.2) is 30.6 Å². The second-order valence-corrected chi connectivity index (χ2v) is 5.09. The molecule has 4 nitrogen and oxygen atoms in total. The standard InChI is InChI=1S/C14H15ClN2O2/c1-9(2)13-16-5-6-17(13)8-11-4-3-10(14(18)19)7-12(11)15/h3-7,9H,8H2,1-2H3,(H,18,19). The van der Waals surface area contributed by atoms with Crippen LogP contribution in [0.3, 0.4) is 0 Å². The number of rotatable bonds is 4. The van der Waals surface area contributed by atoms with Gasteiger partial charge in [-0.25, -0.2) is 9.78 Å². The first kappa shape index (κ1) is 13.6. The number of hydrogen-bond acceptors (Lipinski definition) is 2. The van der Waals surface area contributed by atoms with Gasteiger partial charge in [0.2, 0.25) is 0 Å². The lowest BCUT2D eigenvalue weighted by Gasteiger charge is -2.11. The average molecular weight is 279 g/mol. The maximum Gasteiger partial charge on any atom is 0.335 e. The van der Waals surface area contributed by atoms with Crippen LogP contribution in [-0.4, -0.2) is 20.6 Å². The Labute approximate surface area is 116 Å². The van der Waals surface area contributed by atoms with E-state index in [0.29, 0.717) is 17.5 Å². The van der Waals surface area contributed by atoms with E-state index >= 15 is 0 Å². The Kier molecular flexibility index (Phi) is 3.90. The first-order valence-electron chi connectivity index (χ1n) is 6.01. The van der Waals surface area contributed by atoms with Crippen molar-refractivity contribution in [1.82, 2.24) is 9.55 Å². The molecule has 0 aliphatic rings. The molecular weight excluding hydrogens is 264 g/mol. The Bertz CT molecular complexity index is 605. The normalized spacial score (nSPS) is 10.9. The molecule has 2 rings (SSSR count). The monoisotopic (exact) mass is 278 g/mol. The van der Waals surface area contributed by atoms with Crippen molar-refractivity contribution in [2.24, 2.45) is 0 Å². The minimum Gasteiger partial charge on any atom is -0.478 e. The molecule has 0 atom stereocenters. The number of aromatic carboxylic acids is 1. The number of benzene rings is 1. The van der Waals surface area contributed by atoms with Crippen molar-refractivity contribution in [1.29, 1.82) is 0 Å². The summed E-state index contributed by atoms with van der Waals surface area (Å²) in [6.45, 7) is 4.74. The Hall–Kier alpha value is -1.81. The van der Waals surface area contributed by atoms with Crippen molar-refractivity contribution in [3.05, 3.63) is 52.6 Å². The molecule has 0 aliphatic carbocycles. The Morgan fingerprint density at radius 1 is 1.47 bits per heavy atom. The summed E-state index contributed by atoms with van der Waals surface area (Å²) in [7, 11) is 0. The smallest absolute Gasteiger partial charge is 0.335 e. The fourth-order valence-electron chi connectivity index (χ4n) is 1.95.